The van der Waals surface area contributed by atoms with Crippen LogP contribution in [0.15, 0.2) is 84.6 Å². The molecule has 4 rings (SSSR count). The van der Waals surface area contributed by atoms with Crippen LogP contribution in [0, 0.1) is 13.8 Å². The van der Waals surface area contributed by atoms with Crippen molar-refractivity contribution >= 4 is 17.5 Å². The molecule has 1 aliphatic rings. The second kappa shape index (κ2) is 8.19. The monoisotopic (exact) mass is 411 g/mol. The number of nitrogens with one attached hydrogen (secondary N) is 1. The highest BCUT2D eigenvalue weighted by molar-refractivity contribution is 6.15. The average molecular weight is 412 g/mol. The average Bonchev–Trinajstić information content (AvgIpc) is 3.05. The molecule has 1 aliphatic heterocycles. The molecular formula is C26H25N3O2. The number of nitrogens with zero attached hydrogens (tertiary/aromatic N) is 2. The predicted molar refractivity (Wildman–Crippen MR) is 121 cm³/mol. The third-order valence-electron chi connectivity index (χ3n) is 5.73. The number of hydrogen-bond acceptors (Lipinski definition) is 3. The van der Waals surface area contributed by atoms with Crippen LogP contribution in [0.4, 0.5) is 5.69 Å². The third-order valence-corrected chi connectivity index (χ3v) is 5.73. The molecule has 2 amide bonds. The van der Waals surface area contributed by atoms with Crippen LogP contribution in [0.1, 0.15) is 29.3 Å². The summed E-state index contributed by atoms with van der Waals surface area (Å²) in [6.45, 7) is 6.10. The summed E-state index contributed by atoms with van der Waals surface area (Å²) in [6.07, 6.45) is 3.19. The molecule has 31 heavy (non-hydrogen) atoms. The Morgan fingerprint density at radius 2 is 1.74 bits per heavy atom. The van der Waals surface area contributed by atoms with Crippen molar-refractivity contribution in [3.8, 4) is 0 Å². The first-order valence-electron chi connectivity index (χ1n) is 10.3. The Balaban J connectivity index is 1.86. The maximum atomic E-state index is 13.9. The number of aromatic nitrogens is 1. The lowest BCUT2D eigenvalue weighted by Gasteiger charge is -2.39. The van der Waals surface area contributed by atoms with E-state index in [9.17, 15) is 9.59 Å². The van der Waals surface area contributed by atoms with E-state index < -0.39 is 5.54 Å². The topological polar surface area (TPSA) is 62.3 Å². The van der Waals surface area contributed by atoms with Crippen molar-refractivity contribution in [3.05, 3.63) is 107 Å². The molecule has 5 heteroatoms. The largest absolute Gasteiger partial charge is 0.349 e. The number of anilines is 1. The van der Waals surface area contributed by atoms with E-state index in [1.54, 1.807) is 29.3 Å². The second-order valence-electron chi connectivity index (χ2n) is 7.88. The maximum Gasteiger partial charge on any atom is 0.257 e. The molecule has 1 unspecified atom stereocenters. The SMILES string of the molecule is CC1=CC(=O)N(c2cc(C)ccc2C)C1(C(=O)NCc1ccccc1)c1ccccn1. The molecule has 156 valence electrons. The lowest BCUT2D eigenvalue weighted by atomic mass is 9.85. The molecule has 5 nitrogen and oxygen atoms in total. The van der Waals surface area contributed by atoms with E-state index >= 15 is 0 Å². The van der Waals surface area contributed by atoms with Gasteiger partial charge in [0.05, 0.1) is 5.69 Å². The molecule has 1 N–H and O–H groups in total. The molecule has 2 aromatic carbocycles. The van der Waals surface area contributed by atoms with E-state index in [2.05, 4.69) is 10.3 Å². The minimum Gasteiger partial charge on any atom is -0.349 e. The fraction of sp³-hybridized carbons (Fsp3) is 0.192. The van der Waals surface area contributed by atoms with Crippen LogP contribution in [0.25, 0.3) is 0 Å². The van der Waals surface area contributed by atoms with Gasteiger partial charge in [0, 0.05) is 24.5 Å². The zero-order chi connectivity index (χ0) is 22.0. The Kier molecular flexibility index (Phi) is 5.42. The first-order valence-corrected chi connectivity index (χ1v) is 10.3. The first-order chi connectivity index (χ1) is 14.9. The van der Waals surface area contributed by atoms with Gasteiger partial charge in [0.15, 0.2) is 5.54 Å². The summed E-state index contributed by atoms with van der Waals surface area (Å²) in [4.78, 5) is 33.3. The molecule has 0 fully saturated rings. The fourth-order valence-electron chi connectivity index (χ4n) is 4.15. The summed E-state index contributed by atoms with van der Waals surface area (Å²) >= 11 is 0. The zero-order valence-corrected chi connectivity index (χ0v) is 17.9. The lowest BCUT2D eigenvalue weighted by Crippen LogP contribution is -2.56. The minimum absolute atomic E-state index is 0.230. The van der Waals surface area contributed by atoms with Gasteiger partial charge in [-0.15, -0.1) is 0 Å². The number of carbonyl (C=O) groups is 2. The zero-order valence-electron chi connectivity index (χ0n) is 17.9. The summed E-state index contributed by atoms with van der Waals surface area (Å²) in [6, 6.07) is 21.1. The number of rotatable bonds is 5. The van der Waals surface area contributed by atoms with Crippen molar-refractivity contribution in [2.45, 2.75) is 32.9 Å². The molecule has 0 bridgehead atoms. The lowest BCUT2D eigenvalue weighted by molar-refractivity contribution is -0.127. The third kappa shape index (κ3) is 3.52. The fourth-order valence-corrected chi connectivity index (χ4v) is 4.15. The van der Waals surface area contributed by atoms with E-state index in [1.807, 2.05) is 75.4 Å². The predicted octanol–water partition coefficient (Wildman–Crippen LogP) is 4.20. The highest BCUT2D eigenvalue weighted by atomic mass is 16.2. The number of carbonyl (C=O) groups excluding carboxylic acids is 2. The number of benzene rings is 2. The first kappa shape index (κ1) is 20.5. The van der Waals surface area contributed by atoms with E-state index in [0.29, 0.717) is 23.5 Å². The van der Waals surface area contributed by atoms with Crippen LogP contribution in [-0.2, 0) is 21.7 Å². The number of hydrogen-bond donors (Lipinski definition) is 1. The summed E-state index contributed by atoms with van der Waals surface area (Å²) in [5.41, 5.74) is 3.42. The van der Waals surface area contributed by atoms with Crippen LogP contribution >= 0.6 is 0 Å². The smallest absolute Gasteiger partial charge is 0.257 e. The summed E-state index contributed by atoms with van der Waals surface area (Å²) in [7, 11) is 0. The molecule has 2 heterocycles. The van der Waals surface area contributed by atoms with Gasteiger partial charge in [-0.3, -0.25) is 19.5 Å². The van der Waals surface area contributed by atoms with Crippen LogP contribution in [0.5, 0.6) is 0 Å². The van der Waals surface area contributed by atoms with E-state index in [0.717, 1.165) is 16.7 Å². The number of amides is 2. The van der Waals surface area contributed by atoms with Gasteiger partial charge < -0.3 is 5.32 Å². The summed E-state index contributed by atoms with van der Waals surface area (Å²) < 4.78 is 0. The van der Waals surface area contributed by atoms with Crippen molar-refractivity contribution in [1.29, 1.82) is 0 Å². The Morgan fingerprint density at radius 1 is 1.00 bits per heavy atom. The van der Waals surface area contributed by atoms with Gasteiger partial charge in [0.1, 0.15) is 0 Å². The van der Waals surface area contributed by atoms with Crippen molar-refractivity contribution in [3.63, 3.8) is 0 Å². The molecule has 0 aliphatic carbocycles. The van der Waals surface area contributed by atoms with Crippen LogP contribution in [0.2, 0.25) is 0 Å². The Bertz CT molecular complexity index is 1160. The van der Waals surface area contributed by atoms with Gasteiger partial charge in [0.2, 0.25) is 0 Å². The minimum atomic E-state index is -1.36. The van der Waals surface area contributed by atoms with Crippen molar-refractivity contribution in [1.82, 2.24) is 10.3 Å². The van der Waals surface area contributed by atoms with Gasteiger partial charge in [-0.1, -0.05) is 48.5 Å². The molecule has 0 saturated heterocycles. The molecular weight excluding hydrogens is 386 g/mol. The van der Waals surface area contributed by atoms with Crippen LogP contribution < -0.4 is 10.2 Å². The van der Waals surface area contributed by atoms with Gasteiger partial charge in [-0.05, 0) is 61.2 Å². The molecule has 0 spiro atoms. The molecule has 1 aromatic heterocycles. The van der Waals surface area contributed by atoms with Crippen LogP contribution in [-0.4, -0.2) is 16.8 Å². The van der Waals surface area contributed by atoms with Gasteiger partial charge in [-0.25, -0.2) is 0 Å². The van der Waals surface area contributed by atoms with E-state index in [4.69, 9.17) is 0 Å². The highest BCUT2D eigenvalue weighted by Gasteiger charge is 2.55. The van der Waals surface area contributed by atoms with Gasteiger partial charge in [-0.2, -0.15) is 0 Å². The van der Waals surface area contributed by atoms with Crippen LogP contribution in [0.3, 0.4) is 0 Å². The molecule has 0 saturated carbocycles. The van der Waals surface area contributed by atoms with E-state index in [-0.39, 0.29) is 11.8 Å². The maximum absolute atomic E-state index is 13.9. The summed E-state index contributed by atoms with van der Waals surface area (Å²) in [5, 5.41) is 3.05. The molecule has 1 atom stereocenters. The Hall–Kier alpha value is -3.73. The molecule has 0 radical (unpaired) electrons. The Morgan fingerprint density at radius 3 is 2.45 bits per heavy atom. The molecule has 3 aromatic rings. The van der Waals surface area contributed by atoms with Crippen molar-refractivity contribution < 1.29 is 9.59 Å². The number of pyridine rings is 1. The highest BCUT2D eigenvalue weighted by Crippen LogP contribution is 2.44. The Labute approximate surface area is 182 Å². The second-order valence-corrected chi connectivity index (χ2v) is 7.88. The van der Waals surface area contributed by atoms with Crippen molar-refractivity contribution in [2.75, 3.05) is 4.90 Å². The van der Waals surface area contributed by atoms with Gasteiger partial charge in [0.25, 0.3) is 11.8 Å². The van der Waals surface area contributed by atoms with E-state index in [1.165, 1.54) is 0 Å². The quantitative estimate of drug-likeness (QED) is 0.684. The normalized spacial score (nSPS) is 18.1. The van der Waals surface area contributed by atoms with Gasteiger partial charge >= 0.3 is 0 Å². The summed E-state index contributed by atoms with van der Waals surface area (Å²) in [5.74, 6) is -0.512. The van der Waals surface area contributed by atoms with Crippen molar-refractivity contribution in [2.24, 2.45) is 0 Å². The standard InChI is InChI=1S/C26H25N3O2/c1-18-12-13-19(2)22(15-18)29-24(30)16-20(3)26(29,23-11-7-8-14-27-23)25(31)28-17-21-9-5-4-6-10-21/h4-16H,17H2,1-3H3,(H,28,31). The number of aryl methyl sites for hydroxylation is 2.